The zero-order valence-electron chi connectivity index (χ0n) is 11.9. The molecule has 1 N–H and O–H groups in total. The number of sulfonamides is 1. The van der Waals surface area contributed by atoms with Crippen LogP contribution in [0.5, 0.6) is 0 Å². The summed E-state index contributed by atoms with van der Waals surface area (Å²) in [5, 5.41) is 2.64. The maximum atomic E-state index is 13.1. The van der Waals surface area contributed by atoms with Crippen molar-refractivity contribution in [2.24, 2.45) is 5.92 Å². The first kappa shape index (κ1) is 15.9. The third kappa shape index (κ3) is 4.01. The van der Waals surface area contributed by atoms with Crippen molar-refractivity contribution in [1.29, 1.82) is 0 Å². The lowest BCUT2D eigenvalue weighted by molar-refractivity contribution is -0.120. The summed E-state index contributed by atoms with van der Waals surface area (Å²) < 4.78 is 38.2. The molecule has 1 amide bonds. The zero-order chi connectivity index (χ0) is 15.5. The van der Waals surface area contributed by atoms with Gasteiger partial charge in [0.2, 0.25) is 15.9 Å². The molecule has 1 aromatic rings. The number of nitrogens with one attached hydrogen (secondary N) is 1. The number of rotatable bonds is 4. The van der Waals surface area contributed by atoms with Gasteiger partial charge in [-0.1, -0.05) is 6.07 Å². The van der Waals surface area contributed by atoms with Crippen LogP contribution >= 0.6 is 0 Å². The predicted octanol–water partition coefficient (Wildman–Crippen LogP) is 1.83. The minimum Gasteiger partial charge on any atom is -0.326 e. The summed E-state index contributed by atoms with van der Waals surface area (Å²) in [4.78, 5) is 12.2. The first-order valence-electron chi connectivity index (χ1n) is 6.96. The number of anilines is 1. The number of hydrogen-bond donors (Lipinski definition) is 1. The van der Waals surface area contributed by atoms with Crippen molar-refractivity contribution in [3.05, 3.63) is 30.1 Å². The SMILES string of the molecule is CCS(=O)(=O)N1CCC[C@H](C(=O)Nc2cccc(F)c2)C1. The van der Waals surface area contributed by atoms with Crippen molar-refractivity contribution in [2.75, 3.05) is 24.2 Å². The molecule has 7 heteroatoms. The number of benzene rings is 1. The van der Waals surface area contributed by atoms with Crippen LogP contribution in [0.4, 0.5) is 10.1 Å². The summed E-state index contributed by atoms with van der Waals surface area (Å²) in [6.07, 6.45) is 1.29. The van der Waals surface area contributed by atoms with Gasteiger partial charge in [-0.25, -0.2) is 17.1 Å². The number of nitrogens with zero attached hydrogens (tertiary/aromatic N) is 1. The van der Waals surface area contributed by atoms with E-state index in [9.17, 15) is 17.6 Å². The molecule has 0 aromatic heterocycles. The summed E-state index contributed by atoms with van der Waals surface area (Å²) in [5.41, 5.74) is 0.385. The van der Waals surface area contributed by atoms with Crippen LogP contribution < -0.4 is 5.32 Å². The van der Waals surface area contributed by atoms with Gasteiger partial charge in [0.25, 0.3) is 0 Å². The van der Waals surface area contributed by atoms with E-state index in [1.807, 2.05) is 0 Å². The maximum absolute atomic E-state index is 13.1. The van der Waals surface area contributed by atoms with Crippen LogP contribution in [0.25, 0.3) is 0 Å². The average Bonchev–Trinajstić information content (AvgIpc) is 2.47. The van der Waals surface area contributed by atoms with Gasteiger partial charge < -0.3 is 5.32 Å². The van der Waals surface area contributed by atoms with E-state index in [1.165, 1.54) is 22.5 Å². The second-order valence-corrected chi connectivity index (χ2v) is 7.35. The van der Waals surface area contributed by atoms with Gasteiger partial charge in [0, 0.05) is 18.8 Å². The Kier molecular flexibility index (Phi) is 4.95. The standard InChI is InChI=1S/C14H19FN2O3S/c1-2-21(19,20)17-8-4-5-11(10-17)14(18)16-13-7-3-6-12(15)9-13/h3,6-7,9,11H,2,4-5,8,10H2,1H3,(H,16,18)/t11-/m0/s1. The molecular weight excluding hydrogens is 295 g/mol. The molecule has 1 heterocycles. The Hall–Kier alpha value is -1.47. The number of carbonyl (C=O) groups excluding carboxylic acids is 1. The van der Waals surface area contributed by atoms with Crippen LogP contribution in [0.2, 0.25) is 0 Å². The van der Waals surface area contributed by atoms with Gasteiger partial charge in [-0.05, 0) is 38.0 Å². The Balaban J connectivity index is 2.02. The van der Waals surface area contributed by atoms with E-state index in [1.54, 1.807) is 13.0 Å². The molecule has 1 fully saturated rings. The fourth-order valence-corrected chi connectivity index (χ4v) is 3.58. The molecule has 0 aliphatic carbocycles. The van der Waals surface area contributed by atoms with Crippen molar-refractivity contribution in [2.45, 2.75) is 19.8 Å². The summed E-state index contributed by atoms with van der Waals surface area (Å²) in [6.45, 7) is 2.24. The lowest BCUT2D eigenvalue weighted by Crippen LogP contribution is -2.44. The van der Waals surface area contributed by atoms with E-state index in [0.29, 0.717) is 25.1 Å². The number of amides is 1. The van der Waals surface area contributed by atoms with Gasteiger partial charge in [-0.2, -0.15) is 0 Å². The monoisotopic (exact) mass is 314 g/mol. The Morgan fingerprint density at radius 3 is 2.90 bits per heavy atom. The molecule has 116 valence electrons. The third-order valence-electron chi connectivity index (χ3n) is 3.61. The molecule has 0 bridgehead atoms. The lowest BCUT2D eigenvalue weighted by Gasteiger charge is -2.30. The molecule has 21 heavy (non-hydrogen) atoms. The number of halogens is 1. The van der Waals surface area contributed by atoms with E-state index in [-0.39, 0.29) is 18.2 Å². The van der Waals surface area contributed by atoms with E-state index in [2.05, 4.69) is 5.32 Å². The minimum absolute atomic E-state index is 0.0330. The second-order valence-electron chi connectivity index (χ2n) is 5.10. The molecule has 0 unspecified atom stereocenters. The van der Waals surface area contributed by atoms with Gasteiger partial charge in [-0.15, -0.1) is 0 Å². The lowest BCUT2D eigenvalue weighted by atomic mass is 9.99. The normalized spacial score (nSPS) is 20.2. The van der Waals surface area contributed by atoms with Crippen LogP contribution in [0.1, 0.15) is 19.8 Å². The molecular formula is C14H19FN2O3S. The fourth-order valence-electron chi connectivity index (χ4n) is 2.40. The third-order valence-corrected chi connectivity index (χ3v) is 5.45. The Bertz CT molecular complexity index is 618. The fraction of sp³-hybridized carbons (Fsp3) is 0.500. The van der Waals surface area contributed by atoms with E-state index >= 15 is 0 Å². The highest BCUT2D eigenvalue weighted by Crippen LogP contribution is 2.21. The number of piperidine rings is 1. The van der Waals surface area contributed by atoms with Crippen molar-refractivity contribution >= 4 is 21.6 Å². The summed E-state index contributed by atoms with van der Waals surface area (Å²) >= 11 is 0. The summed E-state index contributed by atoms with van der Waals surface area (Å²) in [6, 6.07) is 5.65. The molecule has 0 spiro atoms. The molecule has 1 saturated heterocycles. The Labute approximate surface area is 124 Å². The second kappa shape index (κ2) is 6.53. The molecule has 0 saturated carbocycles. The highest BCUT2D eigenvalue weighted by Gasteiger charge is 2.31. The highest BCUT2D eigenvalue weighted by molar-refractivity contribution is 7.89. The van der Waals surface area contributed by atoms with Gasteiger partial charge in [0.05, 0.1) is 11.7 Å². The van der Waals surface area contributed by atoms with E-state index in [4.69, 9.17) is 0 Å². The molecule has 1 aromatic carbocycles. The largest absolute Gasteiger partial charge is 0.326 e. The molecule has 0 radical (unpaired) electrons. The van der Waals surface area contributed by atoms with Crippen LogP contribution in [0.3, 0.4) is 0 Å². The van der Waals surface area contributed by atoms with Crippen LogP contribution in [-0.4, -0.2) is 37.5 Å². The molecule has 2 rings (SSSR count). The number of carbonyl (C=O) groups is 1. The van der Waals surface area contributed by atoms with Gasteiger partial charge in [0.15, 0.2) is 0 Å². The summed E-state index contributed by atoms with van der Waals surface area (Å²) in [5.74, 6) is -1.06. The van der Waals surface area contributed by atoms with Crippen molar-refractivity contribution < 1.29 is 17.6 Å². The van der Waals surface area contributed by atoms with E-state index in [0.717, 1.165) is 0 Å². The van der Waals surface area contributed by atoms with Crippen LogP contribution in [-0.2, 0) is 14.8 Å². The molecule has 5 nitrogen and oxygen atoms in total. The topological polar surface area (TPSA) is 66.5 Å². The van der Waals surface area contributed by atoms with Gasteiger partial charge >= 0.3 is 0 Å². The van der Waals surface area contributed by atoms with Crippen LogP contribution in [0, 0.1) is 11.7 Å². The Morgan fingerprint density at radius 2 is 2.24 bits per heavy atom. The Morgan fingerprint density at radius 1 is 1.48 bits per heavy atom. The molecule has 1 aliphatic heterocycles. The molecule has 1 atom stereocenters. The first-order valence-corrected chi connectivity index (χ1v) is 8.57. The maximum Gasteiger partial charge on any atom is 0.228 e. The van der Waals surface area contributed by atoms with Crippen molar-refractivity contribution in [1.82, 2.24) is 4.31 Å². The van der Waals surface area contributed by atoms with Crippen LogP contribution in [0.15, 0.2) is 24.3 Å². The van der Waals surface area contributed by atoms with Gasteiger partial charge in [0.1, 0.15) is 5.82 Å². The number of hydrogen-bond acceptors (Lipinski definition) is 3. The predicted molar refractivity (Wildman–Crippen MR) is 78.8 cm³/mol. The quantitative estimate of drug-likeness (QED) is 0.922. The van der Waals surface area contributed by atoms with Crippen molar-refractivity contribution in [3.8, 4) is 0 Å². The van der Waals surface area contributed by atoms with Gasteiger partial charge in [-0.3, -0.25) is 4.79 Å². The van der Waals surface area contributed by atoms with E-state index < -0.39 is 21.8 Å². The minimum atomic E-state index is -3.27. The summed E-state index contributed by atoms with van der Waals surface area (Å²) in [7, 11) is -3.27. The molecule has 1 aliphatic rings. The zero-order valence-corrected chi connectivity index (χ0v) is 12.7. The van der Waals surface area contributed by atoms with Crippen molar-refractivity contribution in [3.63, 3.8) is 0 Å². The smallest absolute Gasteiger partial charge is 0.228 e. The highest BCUT2D eigenvalue weighted by atomic mass is 32.2. The first-order chi connectivity index (χ1) is 9.92. The average molecular weight is 314 g/mol.